The minimum Gasteiger partial charge on any atom is -0.394 e. The average Bonchev–Trinajstić information content (AvgIpc) is 3.23. The molecule has 58 heavy (non-hydrogen) atoms. The fraction of sp³-hybridized carbons (Fsp3) is 0.906. The highest BCUT2D eigenvalue weighted by Gasteiger charge is 2.22. The molecule has 4 N–H and O–H groups in total. The summed E-state index contributed by atoms with van der Waals surface area (Å²) in [6.45, 7) is 4.20. The van der Waals surface area contributed by atoms with Crippen molar-refractivity contribution in [3.8, 4) is 0 Å². The van der Waals surface area contributed by atoms with Crippen molar-refractivity contribution in [1.82, 2.24) is 5.32 Å². The number of aliphatic hydroxyl groups is 3. The number of amides is 1. The van der Waals surface area contributed by atoms with Crippen LogP contribution in [0.5, 0.6) is 0 Å². The molecule has 1 amide bonds. The summed E-state index contributed by atoms with van der Waals surface area (Å²) in [6.07, 6.45) is 61.0. The van der Waals surface area contributed by atoms with Gasteiger partial charge in [-0.25, -0.2) is 0 Å². The zero-order valence-corrected chi connectivity index (χ0v) is 39.2. The fourth-order valence-electron chi connectivity index (χ4n) is 8.20. The molecule has 3 unspecified atom stereocenters. The van der Waals surface area contributed by atoms with Crippen LogP contribution in [0, 0.1) is 0 Å². The SMILES string of the molecule is CCCCCCCCCCCCCCC/C=C/CC/C=C/C(O)C(CO)NC(=O)C(O)CCCCCCCCCCCCCCCCCCCCCCCCCCC. The van der Waals surface area contributed by atoms with E-state index in [4.69, 9.17) is 0 Å². The normalized spacial score (nSPS) is 13.5. The molecule has 0 rings (SSSR count). The highest BCUT2D eigenvalue weighted by atomic mass is 16.3. The number of nitrogens with one attached hydrogen (secondary N) is 1. The molecule has 0 aliphatic rings. The summed E-state index contributed by atoms with van der Waals surface area (Å²) in [4.78, 5) is 12.5. The lowest BCUT2D eigenvalue weighted by molar-refractivity contribution is -0.131. The van der Waals surface area contributed by atoms with Crippen molar-refractivity contribution < 1.29 is 20.1 Å². The number of carbonyl (C=O) groups is 1. The third-order valence-corrected chi connectivity index (χ3v) is 12.3. The first-order chi connectivity index (χ1) is 28.6. The fourth-order valence-corrected chi connectivity index (χ4v) is 8.20. The summed E-state index contributed by atoms with van der Waals surface area (Å²) in [5, 5.41) is 33.3. The van der Waals surface area contributed by atoms with Crippen LogP contribution in [-0.4, -0.2) is 46.1 Å². The van der Waals surface area contributed by atoms with Crippen LogP contribution in [0.3, 0.4) is 0 Å². The molecule has 0 spiro atoms. The Bertz CT molecular complexity index is 859. The predicted octanol–water partition coefficient (Wildman–Crippen LogP) is 15.7. The lowest BCUT2D eigenvalue weighted by Gasteiger charge is -2.21. The summed E-state index contributed by atoms with van der Waals surface area (Å²) < 4.78 is 0. The van der Waals surface area contributed by atoms with E-state index >= 15 is 0 Å². The van der Waals surface area contributed by atoms with Gasteiger partial charge in [-0.15, -0.1) is 0 Å². The third kappa shape index (κ3) is 42.9. The van der Waals surface area contributed by atoms with Crippen molar-refractivity contribution in [3.05, 3.63) is 24.3 Å². The van der Waals surface area contributed by atoms with Gasteiger partial charge in [0.2, 0.25) is 5.91 Å². The molecule has 0 bridgehead atoms. The van der Waals surface area contributed by atoms with Gasteiger partial charge < -0.3 is 20.6 Å². The van der Waals surface area contributed by atoms with Gasteiger partial charge in [0.05, 0.1) is 18.8 Å². The summed E-state index contributed by atoms with van der Waals surface area (Å²) in [5.74, 6) is -0.507. The molecular formula is C53H103NO4. The predicted molar refractivity (Wildman–Crippen MR) is 255 cm³/mol. The molecule has 0 aliphatic carbocycles. The smallest absolute Gasteiger partial charge is 0.249 e. The van der Waals surface area contributed by atoms with Crippen molar-refractivity contribution in [2.24, 2.45) is 0 Å². The minimum absolute atomic E-state index is 0.373. The standard InChI is InChI=1S/C53H103NO4/c1-3-5-7-9-11-13-15-17-19-21-23-24-25-26-27-28-30-32-34-36-38-40-42-44-46-48-52(57)53(58)54-50(49-55)51(56)47-45-43-41-39-37-35-33-31-29-22-20-18-16-14-12-10-8-6-4-2/h37,39,45,47,50-52,55-57H,3-36,38,40-44,46,48-49H2,1-2H3,(H,54,58)/b39-37+,47-45+. The molecule has 0 saturated heterocycles. The molecule has 3 atom stereocenters. The van der Waals surface area contributed by atoms with Gasteiger partial charge in [0.15, 0.2) is 0 Å². The van der Waals surface area contributed by atoms with Gasteiger partial charge in [0.25, 0.3) is 0 Å². The van der Waals surface area contributed by atoms with E-state index in [1.807, 2.05) is 6.08 Å². The largest absolute Gasteiger partial charge is 0.394 e. The Kier molecular flexibility index (Phi) is 47.5. The van der Waals surface area contributed by atoms with Crippen LogP contribution in [0.4, 0.5) is 0 Å². The van der Waals surface area contributed by atoms with Gasteiger partial charge in [-0.2, -0.15) is 0 Å². The zero-order valence-electron chi connectivity index (χ0n) is 39.2. The van der Waals surface area contributed by atoms with Crippen LogP contribution >= 0.6 is 0 Å². The second-order valence-corrected chi connectivity index (χ2v) is 18.1. The lowest BCUT2D eigenvalue weighted by Crippen LogP contribution is -2.48. The molecule has 5 heteroatoms. The van der Waals surface area contributed by atoms with Crippen LogP contribution in [0.15, 0.2) is 24.3 Å². The monoisotopic (exact) mass is 818 g/mol. The van der Waals surface area contributed by atoms with Crippen LogP contribution in [0.2, 0.25) is 0 Å². The Morgan fingerprint density at radius 3 is 1.05 bits per heavy atom. The number of carbonyl (C=O) groups excluding carboxylic acids is 1. The van der Waals surface area contributed by atoms with Crippen LogP contribution in [0.1, 0.15) is 284 Å². The number of rotatable bonds is 48. The van der Waals surface area contributed by atoms with Crippen molar-refractivity contribution in [1.29, 1.82) is 0 Å². The number of hydrogen-bond acceptors (Lipinski definition) is 4. The molecule has 0 aromatic carbocycles. The molecule has 344 valence electrons. The Balaban J connectivity index is 3.59. The van der Waals surface area contributed by atoms with E-state index in [-0.39, 0.29) is 6.61 Å². The summed E-state index contributed by atoms with van der Waals surface area (Å²) in [7, 11) is 0. The average molecular weight is 818 g/mol. The molecule has 5 nitrogen and oxygen atoms in total. The number of unbranched alkanes of at least 4 members (excludes halogenated alkanes) is 38. The molecule has 0 radical (unpaired) electrons. The third-order valence-electron chi connectivity index (χ3n) is 12.3. The van der Waals surface area contributed by atoms with Gasteiger partial charge in [-0.3, -0.25) is 4.79 Å². The molecule has 0 heterocycles. The Hall–Kier alpha value is -1.17. The summed E-state index contributed by atoms with van der Waals surface area (Å²) in [6, 6.07) is -0.812. The van der Waals surface area contributed by atoms with Gasteiger partial charge in [-0.1, -0.05) is 276 Å². The van der Waals surface area contributed by atoms with Gasteiger partial charge in [0, 0.05) is 0 Å². The van der Waals surface area contributed by atoms with Gasteiger partial charge in [-0.05, 0) is 32.1 Å². The summed E-state index contributed by atoms with van der Waals surface area (Å²) >= 11 is 0. The maximum absolute atomic E-state index is 12.5. The first kappa shape index (κ1) is 56.8. The lowest BCUT2D eigenvalue weighted by atomic mass is 10.0. The minimum atomic E-state index is -1.10. The molecule has 0 fully saturated rings. The molecule has 0 aliphatic heterocycles. The first-order valence-electron chi connectivity index (χ1n) is 26.2. The van der Waals surface area contributed by atoms with E-state index in [1.54, 1.807) is 6.08 Å². The Labute approximate surface area is 362 Å². The summed E-state index contributed by atoms with van der Waals surface area (Å²) in [5.41, 5.74) is 0. The van der Waals surface area contributed by atoms with E-state index in [0.717, 1.165) is 38.5 Å². The van der Waals surface area contributed by atoms with E-state index in [1.165, 1.54) is 225 Å². The van der Waals surface area contributed by atoms with Crippen molar-refractivity contribution in [3.63, 3.8) is 0 Å². The van der Waals surface area contributed by atoms with Crippen LogP contribution in [0.25, 0.3) is 0 Å². The maximum atomic E-state index is 12.5. The van der Waals surface area contributed by atoms with Gasteiger partial charge >= 0.3 is 0 Å². The van der Waals surface area contributed by atoms with Crippen molar-refractivity contribution in [2.45, 2.75) is 302 Å². The molecular weight excluding hydrogens is 715 g/mol. The van der Waals surface area contributed by atoms with E-state index in [9.17, 15) is 20.1 Å². The van der Waals surface area contributed by atoms with Crippen molar-refractivity contribution in [2.75, 3.05) is 6.61 Å². The Morgan fingerprint density at radius 1 is 0.414 bits per heavy atom. The molecule has 0 saturated carbocycles. The van der Waals surface area contributed by atoms with E-state index in [0.29, 0.717) is 6.42 Å². The number of allylic oxidation sites excluding steroid dienone is 3. The second-order valence-electron chi connectivity index (χ2n) is 18.1. The van der Waals surface area contributed by atoms with E-state index < -0.39 is 24.2 Å². The Morgan fingerprint density at radius 2 is 0.707 bits per heavy atom. The van der Waals surface area contributed by atoms with E-state index in [2.05, 4.69) is 31.3 Å². The van der Waals surface area contributed by atoms with Crippen LogP contribution < -0.4 is 5.32 Å². The van der Waals surface area contributed by atoms with Crippen LogP contribution in [-0.2, 0) is 4.79 Å². The highest BCUT2D eigenvalue weighted by molar-refractivity contribution is 5.80. The number of aliphatic hydroxyl groups excluding tert-OH is 3. The number of hydrogen-bond donors (Lipinski definition) is 4. The quantitative estimate of drug-likeness (QED) is 0.0364. The first-order valence-corrected chi connectivity index (χ1v) is 26.2. The topological polar surface area (TPSA) is 89.8 Å². The van der Waals surface area contributed by atoms with Gasteiger partial charge in [0.1, 0.15) is 6.10 Å². The second kappa shape index (κ2) is 48.5. The zero-order chi connectivity index (χ0) is 42.3. The molecule has 0 aromatic rings. The maximum Gasteiger partial charge on any atom is 0.249 e. The van der Waals surface area contributed by atoms with Crippen molar-refractivity contribution >= 4 is 5.91 Å². The highest BCUT2D eigenvalue weighted by Crippen LogP contribution is 2.17. The molecule has 0 aromatic heterocycles.